The third kappa shape index (κ3) is 2.61. The summed E-state index contributed by atoms with van der Waals surface area (Å²) in [5.41, 5.74) is -0.341. The van der Waals surface area contributed by atoms with Gasteiger partial charge in [-0.3, -0.25) is 0 Å². The molecule has 0 spiro atoms. The van der Waals surface area contributed by atoms with E-state index >= 15 is 0 Å². The van der Waals surface area contributed by atoms with Crippen LogP contribution in [0.3, 0.4) is 0 Å². The minimum absolute atomic E-state index is 0.341. The monoisotopic (exact) mass is 202 g/mol. The van der Waals surface area contributed by atoms with Crippen LogP contribution in [-0.4, -0.2) is 35.4 Å². The van der Waals surface area contributed by atoms with Crippen molar-refractivity contribution in [2.45, 2.75) is 31.3 Å². The van der Waals surface area contributed by atoms with E-state index in [2.05, 4.69) is 0 Å². The second-order valence-electron chi connectivity index (χ2n) is 4.29. The van der Waals surface area contributed by atoms with Crippen molar-refractivity contribution in [2.24, 2.45) is 5.92 Å². The fourth-order valence-electron chi connectivity index (χ4n) is 2.25. The molecule has 3 heteroatoms. The van der Waals surface area contributed by atoms with Crippen molar-refractivity contribution < 1.29 is 9.84 Å². The molecule has 0 aliphatic carbocycles. The topological polar surface area (TPSA) is 29.5 Å². The van der Waals surface area contributed by atoms with E-state index in [1.165, 1.54) is 0 Å². The molecular formula is C10H18O2S. The predicted octanol–water partition coefficient (Wildman–Crippen LogP) is 1.67. The number of ether oxygens (including phenoxy) is 1. The zero-order valence-corrected chi connectivity index (χ0v) is 8.81. The highest BCUT2D eigenvalue weighted by Gasteiger charge is 2.34. The molecule has 2 saturated heterocycles. The van der Waals surface area contributed by atoms with E-state index in [-0.39, 0.29) is 5.60 Å². The van der Waals surface area contributed by atoms with Gasteiger partial charge >= 0.3 is 0 Å². The van der Waals surface area contributed by atoms with E-state index < -0.39 is 0 Å². The summed E-state index contributed by atoms with van der Waals surface area (Å²) < 4.78 is 5.31. The Labute approximate surface area is 84.0 Å². The first-order valence-electron chi connectivity index (χ1n) is 5.16. The van der Waals surface area contributed by atoms with E-state index in [0.717, 1.165) is 50.4 Å². The van der Waals surface area contributed by atoms with Gasteiger partial charge in [-0.05, 0) is 37.4 Å². The van der Waals surface area contributed by atoms with E-state index in [1.807, 2.05) is 11.8 Å². The van der Waals surface area contributed by atoms with Crippen LogP contribution in [0.25, 0.3) is 0 Å². The number of thioether (sulfide) groups is 1. The average Bonchev–Trinajstić information content (AvgIpc) is 2.54. The molecule has 2 aliphatic rings. The lowest BCUT2D eigenvalue weighted by atomic mass is 9.86. The normalized spacial score (nSPS) is 36.7. The van der Waals surface area contributed by atoms with Crippen molar-refractivity contribution >= 4 is 11.8 Å². The van der Waals surface area contributed by atoms with Crippen molar-refractivity contribution in [3.05, 3.63) is 0 Å². The van der Waals surface area contributed by atoms with Crippen LogP contribution in [0.4, 0.5) is 0 Å². The molecule has 13 heavy (non-hydrogen) atoms. The zero-order chi connectivity index (χ0) is 9.15. The van der Waals surface area contributed by atoms with Gasteiger partial charge in [-0.25, -0.2) is 0 Å². The Morgan fingerprint density at radius 1 is 1.38 bits per heavy atom. The van der Waals surface area contributed by atoms with Gasteiger partial charge in [0.2, 0.25) is 0 Å². The van der Waals surface area contributed by atoms with E-state index in [0.29, 0.717) is 5.92 Å². The third-order valence-corrected chi connectivity index (χ3v) is 4.33. The number of hydrogen-bond donors (Lipinski definition) is 1. The molecule has 0 aromatic carbocycles. The van der Waals surface area contributed by atoms with Crippen molar-refractivity contribution in [3.63, 3.8) is 0 Å². The molecule has 2 fully saturated rings. The molecule has 1 atom stereocenters. The Balaban J connectivity index is 1.81. The quantitative estimate of drug-likeness (QED) is 0.738. The van der Waals surface area contributed by atoms with Crippen LogP contribution < -0.4 is 0 Å². The molecule has 2 heterocycles. The van der Waals surface area contributed by atoms with Crippen molar-refractivity contribution in [2.75, 3.05) is 24.7 Å². The fraction of sp³-hybridized carbons (Fsp3) is 1.00. The largest absolute Gasteiger partial charge is 0.389 e. The first kappa shape index (κ1) is 9.81. The molecule has 2 nitrogen and oxygen atoms in total. The van der Waals surface area contributed by atoms with E-state index in [1.54, 1.807) is 0 Å². The Morgan fingerprint density at radius 2 is 2.15 bits per heavy atom. The summed E-state index contributed by atoms with van der Waals surface area (Å²) in [5, 5.41) is 10.2. The number of rotatable bonds is 2. The van der Waals surface area contributed by atoms with E-state index in [4.69, 9.17) is 4.74 Å². The maximum absolute atomic E-state index is 10.2. The molecular weight excluding hydrogens is 184 g/mol. The van der Waals surface area contributed by atoms with Gasteiger partial charge in [0, 0.05) is 19.0 Å². The van der Waals surface area contributed by atoms with Crippen LogP contribution in [0.5, 0.6) is 0 Å². The molecule has 76 valence electrons. The van der Waals surface area contributed by atoms with Gasteiger partial charge in [-0.15, -0.1) is 0 Å². The minimum Gasteiger partial charge on any atom is -0.389 e. The molecule has 0 saturated carbocycles. The van der Waals surface area contributed by atoms with Gasteiger partial charge in [-0.2, -0.15) is 11.8 Å². The number of aliphatic hydroxyl groups is 1. The highest BCUT2D eigenvalue weighted by molar-refractivity contribution is 7.99. The minimum atomic E-state index is -0.341. The van der Waals surface area contributed by atoms with Gasteiger partial charge < -0.3 is 9.84 Å². The number of hydrogen-bond acceptors (Lipinski definition) is 3. The molecule has 0 amide bonds. The summed E-state index contributed by atoms with van der Waals surface area (Å²) in [6.45, 7) is 1.79. The Morgan fingerprint density at radius 3 is 2.77 bits per heavy atom. The van der Waals surface area contributed by atoms with Crippen LogP contribution in [0.15, 0.2) is 0 Å². The first-order valence-corrected chi connectivity index (χ1v) is 6.32. The standard InChI is InChI=1S/C10H18O2S/c11-10(3-6-13-8-10)7-9-1-4-12-5-2-9/h9,11H,1-8H2. The predicted molar refractivity (Wildman–Crippen MR) is 55.1 cm³/mol. The Kier molecular flexibility index (Phi) is 3.17. The van der Waals surface area contributed by atoms with Gasteiger partial charge in [0.1, 0.15) is 0 Å². The van der Waals surface area contributed by atoms with Crippen molar-refractivity contribution in [3.8, 4) is 0 Å². The average molecular weight is 202 g/mol. The van der Waals surface area contributed by atoms with Crippen LogP contribution in [-0.2, 0) is 4.74 Å². The SMILES string of the molecule is OC1(CC2CCOCC2)CCSC1. The molecule has 0 radical (unpaired) electrons. The lowest BCUT2D eigenvalue weighted by molar-refractivity contribution is 0.00480. The molecule has 2 rings (SSSR count). The lowest BCUT2D eigenvalue weighted by Crippen LogP contribution is -2.33. The van der Waals surface area contributed by atoms with Crippen molar-refractivity contribution in [1.82, 2.24) is 0 Å². The Bertz CT molecular complexity index is 160. The molecule has 2 aliphatic heterocycles. The fourth-order valence-corrected chi connectivity index (χ4v) is 3.56. The Hall–Kier alpha value is 0.270. The molecule has 1 unspecified atom stereocenters. The second kappa shape index (κ2) is 4.20. The van der Waals surface area contributed by atoms with Crippen molar-refractivity contribution in [1.29, 1.82) is 0 Å². The zero-order valence-electron chi connectivity index (χ0n) is 8.00. The first-order chi connectivity index (χ1) is 6.29. The summed E-state index contributed by atoms with van der Waals surface area (Å²) in [6.07, 6.45) is 4.29. The summed E-state index contributed by atoms with van der Waals surface area (Å²) in [5.74, 6) is 2.79. The molecule has 0 aromatic heterocycles. The van der Waals surface area contributed by atoms with Gasteiger partial charge in [0.15, 0.2) is 0 Å². The van der Waals surface area contributed by atoms with Gasteiger partial charge in [0.05, 0.1) is 5.60 Å². The van der Waals surface area contributed by atoms with Crippen LogP contribution in [0.1, 0.15) is 25.7 Å². The van der Waals surface area contributed by atoms with Crippen LogP contribution in [0, 0.1) is 5.92 Å². The summed E-state index contributed by atoms with van der Waals surface area (Å²) in [6, 6.07) is 0. The third-order valence-electron chi connectivity index (χ3n) is 3.09. The molecule has 1 N–H and O–H groups in total. The highest BCUT2D eigenvalue weighted by Crippen LogP contribution is 2.35. The summed E-state index contributed by atoms with van der Waals surface area (Å²) in [4.78, 5) is 0. The maximum Gasteiger partial charge on any atom is 0.0748 e. The summed E-state index contributed by atoms with van der Waals surface area (Å²) >= 11 is 1.89. The molecule has 0 bridgehead atoms. The van der Waals surface area contributed by atoms with E-state index in [9.17, 15) is 5.11 Å². The smallest absolute Gasteiger partial charge is 0.0748 e. The van der Waals surface area contributed by atoms with Crippen LogP contribution in [0.2, 0.25) is 0 Å². The van der Waals surface area contributed by atoms with Gasteiger partial charge in [0.25, 0.3) is 0 Å². The van der Waals surface area contributed by atoms with Crippen LogP contribution >= 0.6 is 11.8 Å². The second-order valence-corrected chi connectivity index (χ2v) is 5.39. The lowest BCUT2D eigenvalue weighted by Gasteiger charge is -2.29. The summed E-state index contributed by atoms with van der Waals surface area (Å²) in [7, 11) is 0. The molecule has 0 aromatic rings. The maximum atomic E-state index is 10.2. The highest BCUT2D eigenvalue weighted by atomic mass is 32.2. The van der Waals surface area contributed by atoms with Gasteiger partial charge in [-0.1, -0.05) is 0 Å².